The maximum Gasteiger partial charge on any atom is 0.123 e. The van der Waals surface area contributed by atoms with Crippen molar-refractivity contribution in [2.75, 3.05) is 0 Å². The molecule has 18 heavy (non-hydrogen) atoms. The van der Waals surface area contributed by atoms with E-state index in [1.807, 2.05) is 24.3 Å². The van der Waals surface area contributed by atoms with Gasteiger partial charge in [0.15, 0.2) is 0 Å². The third-order valence-electron chi connectivity index (χ3n) is 2.66. The lowest BCUT2D eigenvalue weighted by Crippen LogP contribution is -1.91. The fourth-order valence-electron chi connectivity index (χ4n) is 1.83. The first-order chi connectivity index (χ1) is 8.70. The molecule has 0 unspecified atom stereocenters. The van der Waals surface area contributed by atoms with Crippen molar-refractivity contribution in [3.05, 3.63) is 57.4 Å². The van der Waals surface area contributed by atoms with E-state index in [-0.39, 0.29) is 5.82 Å². The summed E-state index contributed by atoms with van der Waals surface area (Å²) in [5.74, 6) is 5.64. The van der Waals surface area contributed by atoms with Gasteiger partial charge in [-0.15, -0.1) is 5.92 Å². The van der Waals surface area contributed by atoms with Crippen molar-refractivity contribution in [3.63, 3.8) is 0 Å². The van der Waals surface area contributed by atoms with Crippen molar-refractivity contribution in [1.82, 2.24) is 0 Å². The first-order valence-corrected chi connectivity index (χ1v) is 6.72. The van der Waals surface area contributed by atoms with E-state index in [9.17, 15) is 4.39 Å². The van der Waals surface area contributed by atoms with Gasteiger partial charge in [-0.1, -0.05) is 24.1 Å². The van der Waals surface area contributed by atoms with Gasteiger partial charge in [0.25, 0.3) is 0 Å². The molecule has 0 radical (unpaired) electrons. The highest BCUT2D eigenvalue weighted by Gasteiger charge is 2.06. The lowest BCUT2D eigenvalue weighted by Gasteiger charge is -2.08. The van der Waals surface area contributed by atoms with Crippen molar-refractivity contribution in [3.8, 4) is 23.0 Å². The van der Waals surface area contributed by atoms with Crippen LogP contribution in [0.4, 0.5) is 4.39 Å². The highest BCUT2D eigenvalue weighted by Crippen LogP contribution is 2.26. The predicted molar refractivity (Wildman–Crippen MR) is 81.7 cm³/mol. The van der Waals surface area contributed by atoms with Crippen LogP contribution in [0.1, 0.15) is 12.5 Å². The third kappa shape index (κ3) is 3.11. The summed E-state index contributed by atoms with van der Waals surface area (Å²) in [4.78, 5) is 0. The van der Waals surface area contributed by atoms with Gasteiger partial charge in [-0.25, -0.2) is 4.39 Å². The van der Waals surface area contributed by atoms with E-state index in [4.69, 9.17) is 0 Å². The summed E-state index contributed by atoms with van der Waals surface area (Å²) < 4.78 is 14.5. The Hall–Kier alpha value is -1.34. The molecule has 0 atom stereocenters. The number of benzene rings is 2. The van der Waals surface area contributed by atoms with Gasteiger partial charge in [0, 0.05) is 9.99 Å². The van der Waals surface area contributed by atoms with Crippen LogP contribution in [0.2, 0.25) is 0 Å². The molecular weight excluding hydrogens is 338 g/mol. The molecule has 0 saturated carbocycles. The molecule has 0 amide bonds. The molecule has 0 bridgehead atoms. The Kier molecular flexibility index (Phi) is 4.38. The van der Waals surface area contributed by atoms with Crippen LogP contribution in [-0.2, 0) is 6.42 Å². The van der Waals surface area contributed by atoms with Crippen molar-refractivity contribution < 1.29 is 4.39 Å². The summed E-state index contributed by atoms with van der Waals surface area (Å²) in [5.41, 5.74) is 3.10. The highest BCUT2D eigenvalue weighted by atomic mass is 127. The minimum Gasteiger partial charge on any atom is -0.207 e. The van der Waals surface area contributed by atoms with Gasteiger partial charge < -0.3 is 0 Å². The van der Waals surface area contributed by atoms with Crippen molar-refractivity contribution in [2.24, 2.45) is 0 Å². The molecule has 0 saturated heterocycles. The predicted octanol–water partition coefficient (Wildman–Crippen LogP) is 4.66. The number of rotatable bonds is 2. The molecule has 0 aliphatic rings. The Labute approximate surface area is 120 Å². The Morgan fingerprint density at radius 1 is 1.17 bits per heavy atom. The van der Waals surface area contributed by atoms with Crippen LogP contribution in [0.15, 0.2) is 42.5 Å². The Morgan fingerprint density at radius 3 is 2.72 bits per heavy atom. The zero-order valence-corrected chi connectivity index (χ0v) is 12.2. The molecule has 2 heteroatoms. The van der Waals surface area contributed by atoms with Gasteiger partial charge in [0.2, 0.25) is 0 Å². The minimum absolute atomic E-state index is 0.211. The fraction of sp³-hybridized carbons (Fsp3) is 0.125. The van der Waals surface area contributed by atoms with E-state index >= 15 is 0 Å². The van der Waals surface area contributed by atoms with Crippen molar-refractivity contribution >= 4 is 22.6 Å². The second-order valence-corrected chi connectivity index (χ2v) is 5.16. The van der Waals surface area contributed by atoms with Gasteiger partial charge in [0.1, 0.15) is 5.82 Å². The maximum atomic E-state index is 13.3. The highest BCUT2D eigenvalue weighted by molar-refractivity contribution is 14.1. The minimum atomic E-state index is -0.211. The molecule has 0 aromatic heterocycles. The average molecular weight is 350 g/mol. The summed E-state index contributed by atoms with van der Waals surface area (Å²) in [7, 11) is 0. The number of hydrogen-bond donors (Lipinski definition) is 0. The molecule has 0 spiro atoms. The molecule has 0 aliphatic carbocycles. The second kappa shape index (κ2) is 6.01. The summed E-state index contributed by atoms with van der Waals surface area (Å²) in [5, 5.41) is 0. The summed E-state index contributed by atoms with van der Waals surface area (Å²) in [6.45, 7) is 1.80. The Morgan fingerprint density at radius 2 is 2.00 bits per heavy atom. The zero-order chi connectivity index (χ0) is 13.0. The molecule has 2 aromatic rings. The maximum absolute atomic E-state index is 13.3. The van der Waals surface area contributed by atoms with Crippen LogP contribution in [0.3, 0.4) is 0 Å². The molecule has 0 fully saturated rings. The summed E-state index contributed by atoms with van der Waals surface area (Å²) in [6.07, 6.45) is 0.578. The average Bonchev–Trinajstić information content (AvgIpc) is 2.36. The van der Waals surface area contributed by atoms with Crippen LogP contribution < -0.4 is 0 Å². The second-order valence-electron chi connectivity index (χ2n) is 3.92. The van der Waals surface area contributed by atoms with Crippen molar-refractivity contribution in [1.29, 1.82) is 0 Å². The summed E-state index contributed by atoms with van der Waals surface area (Å²) >= 11 is 2.28. The largest absolute Gasteiger partial charge is 0.207 e. The van der Waals surface area contributed by atoms with E-state index < -0.39 is 0 Å². The zero-order valence-electron chi connectivity index (χ0n) is 10.0. The molecule has 0 N–H and O–H groups in total. The van der Waals surface area contributed by atoms with Gasteiger partial charge in [-0.2, -0.15) is 0 Å². The van der Waals surface area contributed by atoms with Gasteiger partial charge in [0.05, 0.1) is 0 Å². The lowest BCUT2D eigenvalue weighted by atomic mass is 9.98. The van der Waals surface area contributed by atoms with E-state index in [2.05, 4.69) is 40.5 Å². The molecule has 2 rings (SSSR count). The van der Waals surface area contributed by atoms with Crippen LogP contribution in [0.5, 0.6) is 0 Å². The van der Waals surface area contributed by atoms with Crippen LogP contribution in [0.25, 0.3) is 11.1 Å². The van der Waals surface area contributed by atoms with E-state index in [0.29, 0.717) is 6.42 Å². The monoisotopic (exact) mass is 350 g/mol. The topological polar surface area (TPSA) is 0 Å². The Balaban J connectivity index is 2.51. The Bertz CT molecular complexity index is 620. The van der Waals surface area contributed by atoms with E-state index in [1.165, 1.54) is 9.64 Å². The normalized spacial score (nSPS) is 9.72. The van der Waals surface area contributed by atoms with Crippen LogP contribution in [0, 0.1) is 21.2 Å². The first-order valence-electron chi connectivity index (χ1n) is 5.64. The van der Waals surface area contributed by atoms with E-state index in [0.717, 1.165) is 16.7 Å². The molecule has 90 valence electrons. The molecule has 2 aromatic carbocycles. The quantitative estimate of drug-likeness (QED) is 0.546. The molecule has 0 aliphatic heterocycles. The van der Waals surface area contributed by atoms with Gasteiger partial charge in [-0.05, 0) is 70.5 Å². The number of hydrogen-bond acceptors (Lipinski definition) is 0. The molecular formula is C16H12FI. The fourth-order valence-corrected chi connectivity index (χ4v) is 2.37. The van der Waals surface area contributed by atoms with Gasteiger partial charge in [-0.3, -0.25) is 0 Å². The van der Waals surface area contributed by atoms with Gasteiger partial charge >= 0.3 is 0 Å². The van der Waals surface area contributed by atoms with Crippen LogP contribution in [-0.4, -0.2) is 0 Å². The van der Waals surface area contributed by atoms with Crippen molar-refractivity contribution in [2.45, 2.75) is 13.3 Å². The number of halogens is 2. The standard InChI is InChI=1S/C16H12FI/c1-2-3-5-12-10-14(17)8-9-16(12)13-6-4-7-15(18)11-13/h4,6-11H,5H2,1H3. The molecule has 0 nitrogen and oxygen atoms in total. The third-order valence-corrected chi connectivity index (χ3v) is 3.33. The van der Waals surface area contributed by atoms with E-state index in [1.54, 1.807) is 13.0 Å². The molecule has 0 heterocycles. The SMILES string of the molecule is CC#CCc1cc(F)ccc1-c1cccc(I)c1. The smallest absolute Gasteiger partial charge is 0.123 e. The van der Waals surface area contributed by atoms with Crippen LogP contribution >= 0.6 is 22.6 Å². The first kappa shape index (κ1) is 13.1. The lowest BCUT2D eigenvalue weighted by molar-refractivity contribution is 0.626. The summed E-state index contributed by atoms with van der Waals surface area (Å²) in [6, 6.07) is 13.1.